The molecule has 0 aliphatic rings. The summed E-state index contributed by atoms with van der Waals surface area (Å²) in [4.78, 5) is 4.39. The van der Waals surface area contributed by atoms with E-state index in [4.69, 9.17) is 0 Å². The van der Waals surface area contributed by atoms with Gasteiger partial charge in [0.25, 0.3) is 0 Å². The maximum Gasteiger partial charge on any atom is 0.126 e. The lowest BCUT2D eigenvalue weighted by Crippen LogP contribution is -1.86. The van der Waals surface area contributed by atoms with E-state index in [1.807, 2.05) is 34.2 Å². The van der Waals surface area contributed by atoms with E-state index in [2.05, 4.69) is 21.1 Å². The number of rotatable bonds is 1. The fourth-order valence-electron chi connectivity index (χ4n) is 1.96. The number of nitrogens with zero attached hydrogens (tertiary/aromatic N) is 2. The molecule has 3 rings (SSSR count). The van der Waals surface area contributed by atoms with Crippen LogP contribution in [0, 0.1) is 12.7 Å². The van der Waals surface area contributed by atoms with Crippen LogP contribution in [0.5, 0.6) is 0 Å². The van der Waals surface area contributed by atoms with Crippen LogP contribution in [0.1, 0.15) is 5.56 Å². The number of aromatic nitrogens is 2. The smallest absolute Gasteiger partial charge is 0.126 e. The van der Waals surface area contributed by atoms with Crippen LogP contribution < -0.4 is 0 Å². The Morgan fingerprint density at radius 3 is 2.78 bits per heavy atom. The Kier molecular flexibility index (Phi) is 2.67. The first kappa shape index (κ1) is 11.4. The minimum absolute atomic E-state index is 0.184. The number of halogens is 2. The molecule has 0 radical (unpaired) electrons. The van der Waals surface area contributed by atoms with Crippen LogP contribution in [0.4, 0.5) is 4.39 Å². The highest BCUT2D eigenvalue weighted by molar-refractivity contribution is 9.08. The lowest BCUT2D eigenvalue weighted by atomic mass is 10.0. The Balaban J connectivity index is 2.18. The van der Waals surface area contributed by atoms with E-state index in [-0.39, 0.29) is 5.82 Å². The van der Waals surface area contributed by atoms with E-state index in [1.165, 1.54) is 6.07 Å². The molecule has 0 atom stereocenters. The third-order valence-electron chi connectivity index (χ3n) is 2.98. The zero-order valence-electron chi connectivity index (χ0n) is 9.69. The monoisotopic (exact) mass is 304 g/mol. The predicted octanol–water partition coefficient (Wildman–Crippen LogP) is 4.31. The van der Waals surface area contributed by atoms with E-state index < -0.39 is 0 Å². The molecule has 2 heterocycles. The summed E-state index contributed by atoms with van der Waals surface area (Å²) in [5, 5.41) is 0. The molecule has 2 nitrogen and oxygen atoms in total. The topological polar surface area (TPSA) is 17.8 Å². The largest absolute Gasteiger partial charge is 0.282 e. The maximum absolute atomic E-state index is 13.3. The zero-order valence-corrected chi connectivity index (χ0v) is 11.3. The molecule has 0 bridgehead atoms. The first-order chi connectivity index (χ1) is 8.65. The summed E-state index contributed by atoms with van der Waals surface area (Å²) in [6, 6.07) is 9.06. The van der Waals surface area contributed by atoms with Gasteiger partial charge in [-0.25, -0.2) is 4.39 Å². The Labute approximate surface area is 112 Å². The number of benzene rings is 1. The highest BCUT2D eigenvalue weighted by Crippen LogP contribution is 2.25. The van der Waals surface area contributed by atoms with Crippen molar-refractivity contribution in [3.05, 3.63) is 54.1 Å². The number of pyridine rings is 1. The van der Waals surface area contributed by atoms with Crippen molar-refractivity contribution < 1.29 is 4.39 Å². The SMILES string of the molecule is Cc1cc(-c2cnc3ccn(Br)c3c2)ccc1F. The fourth-order valence-corrected chi connectivity index (χ4v) is 2.36. The van der Waals surface area contributed by atoms with E-state index in [0.717, 1.165) is 22.2 Å². The molecule has 0 spiro atoms. The lowest BCUT2D eigenvalue weighted by Gasteiger charge is -2.04. The van der Waals surface area contributed by atoms with E-state index >= 15 is 0 Å². The molecule has 0 aliphatic carbocycles. The van der Waals surface area contributed by atoms with Crippen molar-refractivity contribution in [2.75, 3.05) is 0 Å². The first-order valence-electron chi connectivity index (χ1n) is 5.55. The summed E-state index contributed by atoms with van der Waals surface area (Å²) in [5.41, 5.74) is 4.51. The second kappa shape index (κ2) is 4.21. The highest BCUT2D eigenvalue weighted by atomic mass is 79.9. The van der Waals surface area contributed by atoms with E-state index in [9.17, 15) is 4.39 Å². The van der Waals surface area contributed by atoms with E-state index in [0.29, 0.717) is 5.56 Å². The molecule has 0 saturated heterocycles. The van der Waals surface area contributed by atoms with Gasteiger partial charge in [-0.3, -0.25) is 8.58 Å². The van der Waals surface area contributed by atoms with Crippen molar-refractivity contribution in [1.29, 1.82) is 0 Å². The summed E-state index contributed by atoms with van der Waals surface area (Å²) >= 11 is 3.42. The van der Waals surface area contributed by atoms with Gasteiger partial charge in [-0.15, -0.1) is 0 Å². The first-order valence-corrected chi connectivity index (χ1v) is 6.26. The van der Waals surface area contributed by atoms with Gasteiger partial charge in [0.15, 0.2) is 0 Å². The average molecular weight is 305 g/mol. The van der Waals surface area contributed by atoms with Gasteiger partial charge in [0.2, 0.25) is 0 Å². The van der Waals surface area contributed by atoms with Crippen molar-refractivity contribution >= 4 is 27.2 Å². The van der Waals surface area contributed by atoms with Crippen LogP contribution in [0.25, 0.3) is 22.2 Å². The van der Waals surface area contributed by atoms with Crippen LogP contribution in [-0.4, -0.2) is 8.58 Å². The van der Waals surface area contributed by atoms with Crippen LogP contribution in [-0.2, 0) is 0 Å². The molecule has 4 heteroatoms. The molecule has 0 N–H and O–H groups in total. The van der Waals surface area contributed by atoms with Crippen LogP contribution in [0.2, 0.25) is 0 Å². The third kappa shape index (κ3) is 1.82. The number of hydrogen-bond donors (Lipinski definition) is 0. The second-order valence-corrected chi connectivity index (χ2v) is 4.98. The van der Waals surface area contributed by atoms with Gasteiger partial charge in [0, 0.05) is 18.0 Å². The molecule has 2 aromatic heterocycles. The Hall–Kier alpha value is -1.68. The fraction of sp³-hybridized carbons (Fsp3) is 0.0714. The summed E-state index contributed by atoms with van der Waals surface area (Å²) < 4.78 is 15.1. The standard InChI is InChI=1S/C14H10BrFN2/c1-9-6-10(2-3-12(9)16)11-7-14-13(17-8-11)4-5-18(14)15/h2-8H,1H3. The molecule has 0 aliphatic heterocycles. The van der Waals surface area contributed by atoms with Gasteiger partial charge < -0.3 is 0 Å². The van der Waals surface area contributed by atoms with Gasteiger partial charge in [-0.05, 0) is 42.3 Å². The molecular weight excluding hydrogens is 295 g/mol. The van der Waals surface area contributed by atoms with Crippen molar-refractivity contribution in [2.24, 2.45) is 0 Å². The minimum atomic E-state index is -0.184. The van der Waals surface area contributed by atoms with Crippen LogP contribution >= 0.6 is 16.1 Å². The molecule has 0 saturated carbocycles. The third-order valence-corrected chi connectivity index (χ3v) is 3.60. The summed E-state index contributed by atoms with van der Waals surface area (Å²) in [6.45, 7) is 1.76. The van der Waals surface area contributed by atoms with Crippen molar-refractivity contribution in [2.45, 2.75) is 6.92 Å². The average Bonchev–Trinajstić information content (AvgIpc) is 2.74. The van der Waals surface area contributed by atoms with Crippen LogP contribution in [0.15, 0.2) is 42.7 Å². The van der Waals surface area contributed by atoms with Gasteiger partial charge in [-0.2, -0.15) is 0 Å². The van der Waals surface area contributed by atoms with Gasteiger partial charge in [-0.1, -0.05) is 6.07 Å². The minimum Gasteiger partial charge on any atom is -0.282 e. The number of hydrogen-bond acceptors (Lipinski definition) is 1. The molecule has 0 unspecified atom stereocenters. The Morgan fingerprint density at radius 1 is 1.17 bits per heavy atom. The van der Waals surface area contributed by atoms with Crippen molar-refractivity contribution in [1.82, 2.24) is 8.58 Å². The summed E-state index contributed by atoms with van der Waals surface area (Å²) in [7, 11) is 0. The normalized spacial score (nSPS) is 11.1. The molecule has 18 heavy (non-hydrogen) atoms. The quantitative estimate of drug-likeness (QED) is 0.655. The van der Waals surface area contributed by atoms with Gasteiger partial charge >= 0.3 is 0 Å². The number of aryl methyl sites for hydroxylation is 1. The Morgan fingerprint density at radius 2 is 2.00 bits per heavy atom. The Bertz CT molecular complexity index is 734. The van der Waals surface area contributed by atoms with Crippen molar-refractivity contribution in [3.8, 4) is 11.1 Å². The molecule has 1 aromatic carbocycles. The second-order valence-electron chi connectivity index (χ2n) is 4.22. The van der Waals surface area contributed by atoms with Gasteiger partial charge in [0.1, 0.15) is 5.82 Å². The van der Waals surface area contributed by atoms with E-state index in [1.54, 1.807) is 13.0 Å². The molecule has 0 amide bonds. The van der Waals surface area contributed by atoms with Gasteiger partial charge in [0.05, 0.1) is 27.2 Å². The summed E-state index contributed by atoms with van der Waals surface area (Å²) in [6.07, 6.45) is 3.71. The highest BCUT2D eigenvalue weighted by Gasteiger charge is 2.05. The summed E-state index contributed by atoms with van der Waals surface area (Å²) in [5.74, 6) is -0.184. The van der Waals surface area contributed by atoms with Crippen molar-refractivity contribution in [3.63, 3.8) is 0 Å². The molecule has 3 aromatic rings. The zero-order chi connectivity index (χ0) is 12.7. The predicted molar refractivity (Wildman–Crippen MR) is 74.2 cm³/mol. The van der Waals surface area contributed by atoms with Crippen LogP contribution in [0.3, 0.4) is 0 Å². The molecule has 0 fully saturated rings. The maximum atomic E-state index is 13.3. The molecule has 90 valence electrons. The molecular formula is C14H10BrFN2. The lowest BCUT2D eigenvalue weighted by molar-refractivity contribution is 0.619. The number of fused-ring (bicyclic) bond motifs is 1.